The summed E-state index contributed by atoms with van der Waals surface area (Å²) in [7, 11) is -2.07. The number of rotatable bonds is 7. The molecule has 0 aromatic heterocycles. The van der Waals surface area contributed by atoms with Gasteiger partial charge in [-0.05, 0) is 24.3 Å². The molecule has 1 aromatic carbocycles. The van der Waals surface area contributed by atoms with Gasteiger partial charge in [0, 0.05) is 20.2 Å². The molecule has 1 aliphatic rings. The number of carboxylic acids is 1. The first-order valence-electron chi connectivity index (χ1n) is 8.09. The van der Waals surface area contributed by atoms with Crippen molar-refractivity contribution in [1.29, 1.82) is 0 Å². The van der Waals surface area contributed by atoms with Gasteiger partial charge in [0.25, 0.3) is 0 Å². The zero-order valence-corrected chi connectivity index (χ0v) is 14.9. The van der Waals surface area contributed by atoms with Crippen molar-refractivity contribution in [1.82, 2.24) is 4.31 Å². The fourth-order valence-corrected chi connectivity index (χ4v) is 4.96. The second-order valence-electron chi connectivity index (χ2n) is 6.52. The van der Waals surface area contributed by atoms with E-state index in [1.165, 1.54) is 11.4 Å². The van der Waals surface area contributed by atoms with Gasteiger partial charge in [-0.3, -0.25) is 4.79 Å². The molecule has 1 N–H and O–H groups in total. The lowest BCUT2D eigenvalue weighted by Crippen LogP contribution is -2.47. The van der Waals surface area contributed by atoms with Crippen LogP contribution in [-0.2, 0) is 26.0 Å². The van der Waals surface area contributed by atoms with Gasteiger partial charge < -0.3 is 9.84 Å². The predicted molar refractivity (Wildman–Crippen MR) is 91.2 cm³/mol. The van der Waals surface area contributed by atoms with Gasteiger partial charge in [-0.25, -0.2) is 12.7 Å². The molecular weight excluding hydrogens is 330 g/mol. The number of hydrogen-bond acceptors (Lipinski definition) is 4. The molecule has 0 saturated carbocycles. The largest absolute Gasteiger partial charge is 0.481 e. The molecule has 2 rings (SSSR count). The second kappa shape index (κ2) is 8.09. The SMILES string of the molecule is COC(Cc1ccccc1)CS(=O)(=O)N1CC(C)CC(C(=O)O)C1. The Balaban J connectivity index is 2.06. The number of carboxylic acid groups (broad SMARTS) is 1. The van der Waals surface area contributed by atoms with Gasteiger partial charge in [0.2, 0.25) is 10.0 Å². The van der Waals surface area contributed by atoms with E-state index in [0.717, 1.165) is 5.56 Å². The summed E-state index contributed by atoms with van der Waals surface area (Å²) in [4.78, 5) is 11.2. The lowest BCUT2D eigenvalue weighted by Gasteiger charge is -2.34. The number of hydrogen-bond donors (Lipinski definition) is 1. The third-order valence-corrected chi connectivity index (χ3v) is 6.28. The molecule has 0 amide bonds. The fourth-order valence-electron chi connectivity index (χ4n) is 3.14. The Labute approximate surface area is 143 Å². The number of aliphatic carboxylic acids is 1. The lowest BCUT2D eigenvalue weighted by atomic mass is 9.92. The summed E-state index contributed by atoms with van der Waals surface area (Å²) < 4.78 is 32.1. The molecule has 1 aromatic rings. The molecule has 0 spiro atoms. The molecule has 1 saturated heterocycles. The van der Waals surface area contributed by atoms with E-state index in [0.29, 0.717) is 19.4 Å². The van der Waals surface area contributed by atoms with E-state index in [2.05, 4.69) is 0 Å². The van der Waals surface area contributed by atoms with Crippen LogP contribution < -0.4 is 0 Å². The number of carbonyl (C=O) groups is 1. The monoisotopic (exact) mass is 355 g/mol. The number of piperidine rings is 1. The Bertz CT molecular complexity index is 646. The molecule has 1 aliphatic heterocycles. The molecule has 1 fully saturated rings. The fraction of sp³-hybridized carbons (Fsp3) is 0.588. The van der Waals surface area contributed by atoms with Gasteiger partial charge >= 0.3 is 5.97 Å². The van der Waals surface area contributed by atoms with Crippen LogP contribution in [0.2, 0.25) is 0 Å². The number of benzene rings is 1. The minimum absolute atomic E-state index is 0.0322. The van der Waals surface area contributed by atoms with Crippen LogP contribution in [0, 0.1) is 11.8 Å². The van der Waals surface area contributed by atoms with Crippen LogP contribution in [-0.4, -0.2) is 55.9 Å². The number of sulfonamides is 1. The summed E-state index contributed by atoms with van der Waals surface area (Å²) >= 11 is 0. The smallest absolute Gasteiger partial charge is 0.307 e. The van der Waals surface area contributed by atoms with Gasteiger partial charge in [-0.1, -0.05) is 37.3 Å². The van der Waals surface area contributed by atoms with Crippen molar-refractivity contribution in [3.63, 3.8) is 0 Å². The van der Waals surface area contributed by atoms with Crippen molar-refractivity contribution in [3.8, 4) is 0 Å². The van der Waals surface area contributed by atoms with Crippen molar-refractivity contribution < 1.29 is 23.1 Å². The Kier molecular flexibility index (Phi) is 6.37. The quantitative estimate of drug-likeness (QED) is 0.803. The molecule has 6 nitrogen and oxygen atoms in total. The maximum absolute atomic E-state index is 12.7. The minimum atomic E-state index is -3.57. The van der Waals surface area contributed by atoms with Gasteiger partial charge in [-0.2, -0.15) is 0 Å². The van der Waals surface area contributed by atoms with Crippen LogP contribution in [0.25, 0.3) is 0 Å². The van der Waals surface area contributed by atoms with Crippen LogP contribution in [0.1, 0.15) is 18.9 Å². The van der Waals surface area contributed by atoms with E-state index < -0.39 is 28.0 Å². The predicted octanol–water partition coefficient (Wildman–Crippen LogP) is 1.62. The molecule has 0 bridgehead atoms. The van der Waals surface area contributed by atoms with Gasteiger partial charge in [0.15, 0.2) is 0 Å². The Morgan fingerprint density at radius 3 is 2.58 bits per heavy atom. The summed E-state index contributed by atoms with van der Waals surface area (Å²) in [6, 6.07) is 9.58. The summed E-state index contributed by atoms with van der Waals surface area (Å²) in [5, 5.41) is 9.22. The normalized spacial score (nSPS) is 23.8. The standard InChI is InChI=1S/C17H25NO5S/c1-13-8-15(17(19)20)11-18(10-13)24(21,22)12-16(23-2)9-14-6-4-3-5-7-14/h3-7,13,15-16H,8-12H2,1-2H3,(H,19,20). The van der Waals surface area contributed by atoms with Crippen molar-refractivity contribution >= 4 is 16.0 Å². The highest BCUT2D eigenvalue weighted by molar-refractivity contribution is 7.89. The first kappa shape index (κ1) is 18.9. The van der Waals surface area contributed by atoms with Crippen molar-refractivity contribution in [2.75, 3.05) is 26.0 Å². The molecule has 134 valence electrons. The lowest BCUT2D eigenvalue weighted by molar-refractivity contribution is -0.143. The number of ether oxygens (including phenoxy) is 1. The number of methoxy groups -OCH3 is 1. The van der Waals surface area contributed by atoms with E-state index >= 15 is 0 Å². The van der Waals surface area contributed by atoms with Crippen LogP contribution in [0.5, 0.6) is 0 Å². The maximum Gasteiger partial charge on any atom is 0.307 e. The Hall–Kier alpha value is -1.44. The first-order valence-corrected chi connectivity index (χ1v) is 9.70. The van der Waals surface area contributed by atoms with E-state index in [1.807, 2.05) is 37.3 Å². The second-order valence-corrected chi connectivity index (χ2v) is 8.53. The maximum atomic E-state index is 12.7. The molecule has 3 unspecified atom stereocenters. The summed E-state index contributed by atoms with van der Waals surface area (Å²) in [6.07, 6.45) is 0.555. The molecule has 0 radical (unpaired) electrons. The highest BCUT2D eigenvalue weighted by Gasteiger charge is 2.36. The highest BCUT2D eigenvalue weighted by atomic mass is 32.2. The molecule has 0 aliphatic carbocycles. The Morgan fingerprint density at radius 1 is 1.33 bits per heavy atom. The van der Waals surface area contributed by atoms with E-state index in [-0.39, 0.29) is 18.2 Å². The van der Waals surface area contributed by atoms with Crippen LogP contribution >= 0.6 is 0 Å². The van der Waals surface area contributed by atoms with E-state index in [9.17, 15) is 18.3 Å². The average molecular weight is 355 g/mol. The van der Waals surface area contributed by atoms with Crippen molar-refractivity contribution in [2.24, 2.45) is 11.8 Å². The minimum Gasteiger partial charge on any atom is -0.481 e. The van der Waals surface area contributed by atoms with Crippen LogP contribution in [0.3, 0.4) is 0 Å². The molecule has 3 atom stereocenters. The van der Waals surface area contributed by atoms with Gasteiger partial charge in [0.1, 0.15) is 0 Å². The summed E-state index contributed by atoms with van der Waals surface area (Å²) in [5.41, 5.74) is 1.01. The van der Waals surface area contributed by atoms with E-state index in [4.69, 9.17) is 4.74 Å². The summed E-state index contributed by atoms with van der Waals surface area (Å²) in [6.45, 7) is 2.30. The van der Waals surface area contributed by atoms with Crippen LogP contribution in [0.4, 0.5) is 0 Å². The zero-order valence-electron chi connectivity index (χ0n) is 14.1. The number of nitrogens with zero attached hydrogens (tertiary/aromatic N) is 1. The zero-order chi connectivity index (χ0) is 17.7. The molecule has 24 heavy (non-hydrogen) atoms. The highest BCUT2D eigenvalue weighted by Crippen LogP contribution is 2.25. The Morgan fingerprint density at radius 2 is 2.00 bits per heavy atom. The average Bonchev–Trinajstić information content (AvgIpc) is 2.54. The molecular formula is C17H25NO5S. The molecule has 1 heterocycles. The third kappa shape index (κ3) is 5.03. The van der Waals surface area contributed by atoms with Crippen LogP contribution in [0.15, 0.2) is 30.3 Å². The van der Waals surface area contributed by atoms with Gasteiger partial charge in [0.05, 0.1) is 17.8 Å². The summed E-state index contributed by atoms with van der Waals surface area (Å²) in [5.74, 6) is -1.69. The van der Waals surface area contributed by atoms with Crippen molar-refractivity contribution in [3.05, 3.63) is 35.9 Å². The van der Waals surface area contributed by atoms with Crippen molar-refractivity contribution in [2.45, 2.75) is 25.9 Å². The third-order valence-electron chi connectivity index (χ3n) is 4.40. The molecule has 7 heteroatoms. The topological polar surface area (TPSA) is 83.9 Å². The first-order chi connectivity index (χ1) is 11.3. The van der Waals surface area contributed by atoms with Gasteiger partial charge in [-0.15, -0.1) is 0 Å². The van der Waals surface area contributed by atoms with E-state index in [1.54, 1.807) is 0 Å².